The highest BCUT2D eigenvalue weighted by Gasteiger charge is 2.46. The predicted octanol–water partition coefficient (Wildman–Crippen LogP) is 10.2. The highest BCUT2D eigenvalue weighted by Crippen LogP contribution is 2.35. The summed E-state index contributed by atoms with van der Waals surface area (Å²) in [5.41, 5.74) is -2.87. The van der Waals surface area contributed by atoms with Crippen LogP contribution in [0.2, 0.25) is 0 Å². The molecule has 0 radical (unpaired) electrons. The van der Waals surface area contributed by atoms with Crippen LogP contribution in [0.15, 0.2) is 106 Å². The van der Waals surface area contributed by atoms with Gasteiger partial charge in [-0.3, -0.25) is 9.59 Å². The van der Waals surface area contributed by atoms with Gasteiger partial charge in [0.15, 0.2) is 14.7 Å². The molecule has 3 aromatic carbocycles. The van der Waals surface area contributed by atoms with E-state index in [1.807, 2.05) is 13.8 Å². The van der Waals surface area contributed by atoms with Gasteiger partial charge in [0.25, 0.3) is 0 Å². The van der Waals surface area contributed by atoms with E-state index in [9.17, 15) is 22.6 Å². The number of benzene rings is 3. The minimum atomic E-state index is -4.75. The monoisotopic (exact) mass is 740 g/mol. The smallest absolute Gasteiger partial charge is 0.320 e. The van der Waals surface area contributed by atoms with Crippen molar-refractivity contribution in [1.29, 1.82) is 0 Å². The summed E-state index contributed by atoms with van der Waals surface area (Å²) in [5, 5.41) is 0. The Kier molecular flexibility index (Phi) is 16.9. The van der Waals surface area contributed by atoms with Crippen molar-refractivity contribution in [2.24, 2.45) is 10.8 Å². The van der Waals surface area contributed by atoms with Gasteiger partial charge in [0.2, 0.25) is 0 Å². The van der Waals surface area contributed by atoms with E-state index in [4.69, 9.17) is 9.47 Å². The van der Waals surface area contributed by atoms with Crippen LogP contribution < -0.4 is 0 Å². The van der Waals surface area contributed by atoms with Gasteiger partial charge in [-0.25, -0.2) is 8.42 Å². The molecule has 0 bridgehead atoms. The van der Waals surface area contributed by atoms with Crippen molar-refractivity contribution >= 4 is 33.0 Å². The van der Waals surface area contributed by atoms with Crippen molar-refractivity contribution in [3.05, 3.63) is 91.0 Å². The van der Waals surface area contributed by atoms with Gasteiger partial charge in [0, 0.05) is 0 Å². The van der Waals surface area contributed by atoms with Crippen LogP contribution in [0.4, 0.5) is 0 Å². The van der Waals surface area contributed by atoms with Gasteiger partial charge in [0.1, 0.15) is 27.1 Å². The molecule has 51 heavy (non-hydrogen) atoms. The van der Waals surface area contributed by atoms with Gasteiger partial charge in [-0.1, -0.05) is 114 Å². The lowest BCUT2D eigenvalue weighted by atomic mass is 9.84. The summed E-state index contributed by atoms with van der Waals surface area (Å²) in [6, 6.07) is 32.2. The molecule has 0 saturated carbocycles. The molecular weight excluding hydrogens is 681 g/mol. The van der Waals surface area contributed by atoms with E-state index >= 15 is 0 Å². The zero-order valence-electron chi connectivity index (χ0n) is 32.2. The van der Waals surface area contributed by atoms with Crippen LogP contribution in [0.3, 0.4) is 0 Å². The van der Waals surface area contributed by atoms with Gasteiger partial charge < -0.3 is 14.0 Å². The Morgan fingerprint density at radius 1 is 0.569 bits per heavy atom. The zero-order chi connectivity index (χ0) is 38.3. The van der Waals surface area contributed by atoms with Crippen molar-refractivity contribution in [3.8, 4) is 0 Å². The third-order valence-electron chi connectivity index (χ3n) is 8.93. The number of esters is 2. The summed E-state index contributed by atoms with van der Waals surface area (Å²) in [7, 11) is -4.76. The molecule has 0 aliphatic heterocycles. The summed E-state index contributed by atoms with van der Waals surface area (Å²) in [5.74, 6) is -2.84. The molecule has 0 aromatic heterocycles. The maximum Gasteiger partial charge on any atom is 0.320 e. The van der Waals surface area contributed by atoms with Crippen molar-refractivity contribution < 1.29 is 32.0 Å². The first kappa shape index (κ1) is 44.0. The fraction of sp³-hybridized carbons (Fsp3) is 0.524. The lowest BCUT2D eigenvalue weighted by molar-refractivity contribution is -0.203. The number of unbranched alkanes of at least 4 members (excludes halogenated alkanes) is 5. The van der Waals surface area contributed by atoms with E-state index in [1.165, 1.54) is 54.2 Å². The zero-order valence-corrected chi connectivity index (χ0v) is 33.8. The molecule has 0 spiro atoms. The van der Waals surface area contributed by atoms with E-state index in [2.05, 4.69) is 112 Å². The van der Waals surface area contributed by atoms with E-state index in [0.29, 0.717) is 11.8 Å². The maximum absolute atomic E-state index is 12.8. The number of rotatable bonds is 17. The second-order valence-corrected chi connectivity index (χ2v) is 19.3. The first-order valence-electron chi connectivity index (χ1n) is 17.9. The Balaban J connectivity index is 0.000000397. The number of hydrogen-bond donors (Lipinski definition) is 0. The molecule has 0 heterocycles. The van der Waals surface area contributed by atoms with Crippen molar-refractivity contribution in [2.75, 3.05) is 5.75 Å². The number of hydrogen-bond acceptors (Lipinski definition) is 7. The number of carbonyl (C=O) groups excluding carboxylic acids is 2. The number of carbonyl (C=O) groups is 2. The third kappa shape index (κ3) is 16.4. The highest BCUT2D eigenvalue weighted by molar-refractivity contribution is 7.97. The van der Waals surface area contributed by atoms with Crippen LogP contribution in [-0.2, 0) is 40.1 Å². The quantitative estimate of drug-likeness (QED) is 0.0586. The van der Waals surface area contributed by atoms with Crippen LogP contribution in [-0.4, -0.2) is 41.9 Å². The topological polar surface area (TPSA) is 110 Å². The molecule has 0 amide bonds. The third-order valence-corrected chi connectivity index (χ3v) is 11.7. The van der Waals surface area contributed by atoms with Crippen LogP contribution in [0, 0.1) is 10.8 Å². The van der Waals surface area contributed by atoms with Gasteiger partial charge in [-0.15, -0.1) is 0 Å². The minimum Gasteiger partial charge on any atom is -0.748 e. The predicted molar refractivity (Wildman–Crippen MR) is 207 cm³/mol. The van der Waals surface area contributed by atoms with Gasteiger partial charge in [0.05, 0.1) is 16.3 Å². The van der Waals surface area contributed by atoms with Crippen molar-refractivity contribution in [3.63, 3.8) is 0 Å². The molecule has 0 saturated heterocycles. The highest BCUT2D eigenvalue weighted by atomic mass is 32.2. The van der Waals surface area contributed by atoms with Gasteiger partial charge in [-0.2, -0.15) is 0 Å². The summed E-state index contributed by atoms with van der Waals surface area (Å²) >= 11 is 0. The SMILES string of the molecule is CC(C)(C)CCCCCCCCC(C)(C)C(=O)OC(C)(C)C(C)(C)OC(=O)CS(=O)(=O)[O-].c1ccc([S+](c2ccccc2)c2ccccc2)cc1. The van der Waals surface area contributed by atoms with Crippen LogP contribution in [0.5, 0.6) is 0 Å². The Labute approximate surface area is 311 Å². The number of ether oxygens (including phenoxy) is 2. The largest absolute Gasteiger partial charge is 0.748 e. The maximum atomic E-state index is 12.8. The molecule has 0 aliphatic carbocycles. The first-order chi connectivity index (χ1) is 23.6. The molecule has 3 aromatic rings. The Bertz CT molecular complexity index is 1480. The molecule has 0 N–H and O–H groups in total. The molecule has 3 rings (SSSR count). The standard InChI is InChI=1S/C24H46O7S.C18H15S/c1-21(2,3)16-14-12-10-11-13-15-17-22(4,5)20(26)31-24(8,9)23(6,7)30-19(25)18-32(27,28)29;1-4-10-16(11-5-1)19(17-12-6-2-7-13-17)18-14-8-3-9-15-18/h10-18H2,1-9H3,(H,27,28,29);1-15H/q;+1/p-1. The second-order valence-electron chi connectivity index (χ2n) is 15.9. The average Bonchev–Trinajstić information content (AvgIpc) is 3.02. The van der Waals surface area contributed by atoms with Gasteiger partial charge in [-0.05, 0) is 96.2 Å². The van der Waals surface area contributed by atoms with Crippen LogP contribution in [0.1, 0.15) is 114 Å². The Morgan fingerprint density at radius 2 is 0.922 bits per heavy atom. The van der Waals surface area contributed by atoms with Crippen molar-refractivity contribution in [1.82, 2.24) is 0 Å². The van der Waals surface area contributed by atoms with E-state index in [1.54, 1.807) is 13.8 Å². The van der Waals surface area contributed by atoms with Gasteiger partial charge >= 0.3 is 11.9 Å². The minimum absolute atomic E-state index is 0.0146. The van der Waals surface area contributed by atoms with E-state index < -0.39 is 44.4 Å². The summed E-state index contributed by atoms with van der Waals surface area (Å²) in [4.78, 5) is 28.7. The fourth-order valence-electron chi connectivity index (χ4n) is 5.18. The van der Waals surface area contributed by atoms with Crippen LogP contribution >= 0.6 is 0 Å². The van der Waals surface area contributed by atoms with Crippen molar-refractivity contribution in [2.45, 2.75) is 140 Å². The Hall–Kier alpha value is -3.14. The fourth-order valence-corrected chi connectivity index (χ4v) is 7.64. The normalized spacial score (nSPS) is 12.5. The lowest BCUT2D eigenvalue weighted by Gasteiger charge is -2.41. The molecule has 0 fully saturated rings. The molecule has 0 unspecified atom stereocenters. The molecule has 282 valence electrons. The molecule has 0 atom stereocenters. The Morgan fingerprint density at radius 3 is 1.29 bits per heavy atom. The summed E-state index contributed by atoms with van der Waals surface area (Å²) in [6.07, 6.45) is 8.72. The summed E-state index contributed by atoms with van der Waals surface area (Å²) < 4.78 is 43.2. The molecular formula is C42H60O7S2. The average molecular weight is 741 g/mol. The summed E-state index contributed by atoms with van der Waals surface area (Å²) in [6.45, 7) is 16.7. The second kappa shape index (κ2) is 19.6. The molecule has 9 heteroatoms. The first-order valence-corrected chi connectivity index (χ1v) is 20.7. The van der Waals surface area contributed by atoms with E-state index in [0.717, 1.165) is 19.3 Å². The van der Waals surface area contributed by atoms with Crippen LogP contribution in [0.25, 0.3) is 0 Å². The molecule has 0 aliphatic rings. The lowest BCUT2D eigenvalue weighted by Crippen LogP contribution is -2.53. The molecule has 7 nitrogen and oxygen atoms in total. The van der Waals surface area contributed by atoms with E-state index in [-0.39, 0.29) is 10.9 Å².